The van der Waals surface area contributed by atoms with Gasteiger partial charge in [-0.15, -0.1) is 0 Å². The molecule has 0 heterocycles. The molecule has 2 bridgehead atoms. The molecule has 4 atom stereocenters. The van der Waals surface area contributed by atoms with Crippen LogP contribution in [-0.4, -0.2) is 36.2 Å². The molecule has 0 saturated heterocycles. The third-order valence-corrected chi connectivity index (χ3v) is 4.07. The van der Waals surface area contributed by atoms with Crippen molar-refractivity contribution in [1.82, 2.24) is 5.32 Å². The molecule has 1 fully saturated rings. The summed E-state index contributed by atoms with van der Waals surface area (Å²) >= 11 is 0. The Morgan fingerprint density at radius 1 is 1.45 bits per heavy atom. The van der Waals surface area contributed by atoms with E-state index in [-0.39, 0.29) is 12.5 Å². The molecule has 5 heteroatoms. The van der Waals surface area contributed by atoms with Crippen molar-refractivity contribution in [3.05, 3.63) is 24.3 Å². The Kier molecular flexibility index (Phi) is 4.60. The lowest BCUT2D eigenvalue weighted by Gasteiger charge is -2.26. The largest absolute Gasteiger partial charge is 0.480 e. The van der Waals surface area contributed by atoms with E-state index in [0.29, 0.717) is 24.0 Å². The van der Waals surface area contributed by atoms with Crippen LogP contribution in [0.1, 0.15) is 19.8 Å². The maximum Gasteiger partial charge on any atom is 0.333 e. The topological polar surface area (TPSA) is 75.6 Å². The lowest BCUT2D eigenvalue weighted by molar-refractivity contribution is -0.141. The number of fused-ring (bicyclic) bond motifs is 2. The molecule has 0 aromatic rings. The van der Waals surface area contributed by atoms with Gasteiger partial charge in [0.25, 0.3) is 0 Å². The zero-order chi connectivity index (χ0) is 14.7. The highest BCUT2D eigenvalue weighted by Crippen LogP contribution is 2.44. The lowest BCUT2D eigenvalue weighted by atomic mass is 9.86. The van der Waals surface area contributed by atoms with E-state index in [1.165, 1.54) is 0 Å². The summed E-state index contributed by atoms with van der Waals surface area (Å²) in [5.74, 6) is -0.232. The average Bonchev–Trinajstić information content (AvgIpc) is 2.99. The summed E-state index contributed by atoms with van der Waals surface area (Å²) in [6.07, 6.45) is 6.32. The SMILES string of the molecule is C=C(C)C(=O)OCCNC(C(=O)O)C1CC2C=CC1C2. The van der Waals surface area contributed by atoms with Crippen molar-refractivity contribution >= 4 is 11.9 Å². The first-order chi connectivity index (χ1) is 9.49. The second kappa shape index (κ2) is 6.22. The van der Waals surface area contributed by atoms with Gasteiger partial charge in [0.05, 0.1) is 0 Å². The number of allylic oxidation sites excluding steroid dienone is 2. The molecule has 2 aliphatic carbocycles. The molecule has 0 spiro atoms. The van der Waals surface area contributed by atoms with E-state index in [2.05, 4.69) is 24.0 Å². The first kappa shape index (κ1) is 14.8. The van der Waals surface area contributed by atoms with Crippen LogP contribution in [0.5, 0.6) is 0 Å². The van der Waals surface area contributed by atoms with Crippen LogP contribution in [-0.2, 0) is 14.3 Å². The van der Waals surface area contributed by atoms with Crippen LogP contribution in [0.25, 0.3) is 0 Å². The number of esters is 1. The minimum atomic E-state index is -0.831. The maximum absolute atomic E-state index is 11.4. The van der Waals surface area contributed by atoms with Crippen LogP contribution >= 0.6 is 0 Å². The van der Waals surface area contributed by atoms with E-state index in [1.807, 2.05) is 0 Å². The molecule has 0 aliphatic heterocycles. The van der Waals surface area contributed by atoms with Gasteiger partial charge < -0.3 is 15.2 Å². The molecule has 20 heavy (non-hydrogen) atoms. The Morgan fingerprint density at radius 3 is 2.70 bits per heavy atom. The third-order valence-electron chi connectivity index (χ3n) is 4.07. The molecule has 2 aliphatic rings. The van der Waals surface area contributed by atoms with Crippen LogP contribution in [0.3, 0.4) is 0 Å². The van der Waals surface area contributed by atoms with Gasteiger partial charge in [-0.1, -0.05) is 18.7 Å². The quantitative estimate of drug-likeness (QED) is 0.318. The van der Waals surface area contributed by atoms with E-state index in [1.54, 1.807) is 6.92 Å². The second-order valence-corrected chi connectivity index (χ2v) is 5.63. The summed E-state index contributed by atoms with van der Waals surface area (Å²) in [4.78, 5) is 22.6. The molecule has 1 saturated carbocycles. The monoisotopic (exact) mass is 279 g/mol. The molecule has 110 valence electrons. The first-order valence-corrected chi connectivity index (χ1v) is 6.96. The van der Waals surface area contributed by atoms with Crippen LogP contribution in [0.15, 0.2) is 24.3 Å². The van der Waals surface area contributed by atoms with Gasteiger partial charge >= 0.3 is 11.9 Å². The highest BCUT2D eigenvalue weighted by Gasteiger charge is 2.42. The number of hydrogen-bond donors (Lipinski definition) is 2. The zero-order valence-electron chi connectivity index (χ0n) is 11.7. The van der Waals surface area contributed by atoms with Gasteiger partial charge in [0.15, 0.2) is 0 Å². The molecule has 2 N–H and O–H groups in total. The third kappa shape index (κ3) is 3.28. The summed E-state index contributed by atoms with van der Waals surface area (Å²) in [5.41, 5.74) is 0.345. The Hall–Kier alpha value is -1.62. The van der Waals surface area contributed by atoms with Gasteiger partial charge in [-0.05, 0) is 37.5 Å². The van der Waals surface area contributed by atoms with Crippen molar-refractivity contribution in [1.29, 1.82) is 0 Å². The van der Waals surface area contributed by atoms with E-state index in [0.717, 1.165) is 12.8 Å². The molecule has 0 amide bonds. The minimum absolute atomic E-state index is 0.138. The Balaban J connectivity index is 1.79. The van der Waals surface area contributed by atoms with Gasteiger partial charge in [-0.2, -0.15) is 0 Å². The number of carbonyl (C=O) groups excluding carboxylic acids is 1. The van der Waals surface area contributed by atoms with Crippen molar-refractivity contribution < 1.29 is 19.4 Å². The smallest absolute Gasteiger partial charge is 0.333 e. The minimum Gasteiger partial charge on any atom is -0.480 e. The summed E-state index contributed by atoms with van der Waals surface area (Å²) in [5, 5.41) is 12.4. The number of nitrogens with one attached hydrogen (secondary N) is 1. The molecule has 0 aromatic heterocycles. The maximum atomic E-state index is 11.4. The van der Waals surface area contributed by atoms with Crippen molar-refractivity contribution in [2.24, 2.45) is 17.8 Å². The van der Waals surface area contributed by atoms with Gasteiger partial charge in [-0.3, -0.25) is 4.79 Å². The van der Waals surface area contributed by atoms with E-state index < -0.39 is 18.0 Å². The molecular weight excluding hydrogens is 258 g/mol. The summed E-state index contributed by atoms with van der Waals surface area (Å²) in [6, 6.07) is -0.571. The number of carboxylic acid groups (broad SMARTS) is 1. The number of carbonyl (C=O) groups is 2. The normalized spacial score (nSPS) is 28.4. The van der Waals surface area contributed by atoms with E-state index >= 15 is 0 Å². The Bertz CT molecular complexity index is 443. The van der Waals surface area contributed by atoms with Gasteiger partial charge in [0.1, 0.15) is 12.6 Å². The van der Waals surface area contributed by atoms with Crippen molar-refractivity contribution in [2.45, 2.75) is 25.8 Å². The standard InChI is InChI=1S/C15H21NO4/c1-9(2)15(19)20-6-5-16-13(14(17)18)12-8-10-3-4-11(12)7-10/h3-4,10-13,16H,1,5-8H2,2H3,(H,17,18). The summed E-state index contributed by atoms with van der Waals surface area (Å²) in [6.45, 7) is 5.57. The second-order valence-electron chi connectivity index (χ2n) is 5.63. The van der Waals surface area contributed by atoms with Crippen LogP contribution in [0, 0.1) is 17.8 Å². The van der Waals surface area contributed by atoms with Crippen LogP contribution < -0.4 is 5.32 Å². The zero-order valence-corrected chi connectivity index (χ0v) is 11.7. The average molecular weight is 279 g/mol. The lowest BCUT2D eigenvalue weighted by Crippen LogP contribution is -2.45. The molecule has 0 aromatic carbocycles. The molecular formula is C15H21NO4. The van der Waals surface area contributed by atoms with Crippen molar-refractivity contribution in [3.8, 4) is 0 Å². The van der Waals surface area contributed by atoms with Crippen molar-refractivity contribution in [2.75, 3.05) is 13.2 Å². The first-order valence-electron chi connectivity index (χ1n) is 6.96. The van der Waals surface area contributed by atoms with E-state index in [9.17, 15) is 14.7 Å². The van der Waals surface area contributed by atoms with Gasteiger partial charge in [-0.25, -0.2) is 4.79 Å². The fourth-order valence-electron chi connectivity index (χ4n) is 3.11. The fourth-order valence-corrected chi connectivity index (χ4v) is 3.11. The fraction of sp³-hybridized carbons (Fsp3) is 0.600. The van der Waals surface area contributed by atoms with Gasteiger partial charge in [0, 0.05) is 12.1 Å². The summed E-state index contributed by atoms with van der Waals surface area (Å²) < 4.78 is 4.95. The van der Waals surface area contributed by atoms with Crippen molar-refractivity contribution in [3.63, 3.8) is 0 Å². The van der Waals surface area contributed by atoms with Crippen LogP contribution in [0.4, 0.5) is 0 Å². The number of aliphatic carboxylic acids is 1. The number of hydrogen-bond acceptors (Lipinski definition) is 4. The Labute approximate surface area is 118 Å². The number of ether oxygens (including phenoxy) is 1. The molecule has 2 rings (SSSR count). The predicted molar refractivity (Wildman–Crippen MR) is 74.0 cm³/mol. The molecule has 0 radical (unpaired) electrons. The van der Waals surface area contributed by atoms with Gasteiger partial charge in [0.2, 0.25) is 0 Å². The Morgan fingerprint density at radius 2 is 2.20 bits per heavy atom. The van der Waals surface area contributed by atoms with E-state index in [4.69, 9.17) is 4.74 Å². The molecule has 5 nitrogen and oxygen atoms in total. The molecule has 4 unspecified atom stereocenters. The highest BCUT2D eigenvalue weighted by atomic mass is 16.5. The number of carboxylic acids is 1. The predicted octanol–water partition coefficient (Wildman–Crippen LogP) is 1.36. The number of rotatable bonds is 7. The highest BCUT2D eigenvalue weighted by molar-refractivity contribution is 5.86. The summed E-state index contributed by atoms with van der Waals surface area (Å²) in [7, 11) is 0. The van der Waals surface area contributed by atoms with Crippen LogP contribution in [0.2, 0.25) is 0 Å².